The summed E-state index contributed by atoms with van der Waals surface area (Å²) in [6.45, 7) is 1.71. The molecule has 4 N–H and O–H groups in total. The summed E-state index contributed by atoms with van der Waals surface area (Å²) in [7, 11) is 1.53. The van der Waals surface area contributed by atoms with Crippen molar-refractivity contribution in [2.24, 2.45) is 4.99 Å². The summed E-state index contributed by atoms with van der Waals surface area (Å²) in [6, 6.07) is 11.5. The third-order valence-corrected chi connectivity index (χ3v) is 9.09. The highest BCUT2D eigenvalue weighted by molar-refractivity contribution is 6.10. The number of ether oxygens (including phenoxy) is 1. The molecule has 1 saturated carbocycles. The van der Waals surface area contributed by atoms with Gasteiger partial charge in [0.15, 0.2) is 5.82 Å². The van der Waals surface area contributed by atoms with Gasteiger partial charge in [0, 0.05) is 74.8 Å². The molecule has 1 aliphatic carbocycles. The van der Waals surface area contributed by atoms with Crippen LogP contribution in [0.2, 0.25) is 0 Å². The molecule has 2 unspecified atom stereocenters. The van der Waals surface area contributed by atoms with Crippen LogP contribution < -0.4 is 20.9 Å². The third-order valence-electron chi connectivity index (χ3n) is 9.09. The van der Waals surface area contributed by atoms with E-state index in [4.69, 9.17) is 14.7 Å². The van der Waals surface area contributed by atoms with Crippen LogP contribution in [0.1, 0.15) is 61.6 Å². The number of methoxy groups -OCH3 is 1. The number of allylic oxidation sites excluding steroid dienone is 1. The molecule has 1 aromatic carbocycles. The van der Waals surface area contributed by atoms with E-state index in [2.05, 4.69) is 41.9 Å². The first kappa shape index (κ1) is 32.8. The summed E-state index contributed by atoms with van der Waals surface area (Å²) >= 11 is 0. The predicted molar refractivity (Wildman–Crippen MR) is 180 cm³/mol. The van der Waals surface area contributed by atoms with Crippen molar-refractivity contribution in [2.45, 2.75) is 75.7 Å². The Morgan fingerprint density at radius 2 is 1.92 bits per heavy atom. The van der Waals surface area contributed by atoms with Gasteiger partial charge in [0.1, 0.15) is 18.0 Å². The average Bonchev–Trinajstić information content (AvgIpc) is 3.36. The number of urea groups is 1. The first-order valence-corrected chi connectivity index (χ1v) is 16.4. The molecule has 2 amide bonds. The monoisotopic (exact) mass is 651 g/mol. The zero-order chi connectivity index (χ0) is 33.3. The van der Waals surface area contributed by atoms with Crippen LogP contribution in [0.25, 0.3) is 5.57 Å². The predicted octanol–water partition coefficient (Wildman–Crippen LogP) is 3.40. The number of aliphatic hydroxyl groups excluding tert-OH is 1. The zero-order valence-corrected chi connectivity index (χ0v) is 27.0. The van der Waals surface area contributed by atoms with Gasteiger partial charge in [-0.25, -0.2) is 24.7 Å². The van der Waals surface area contributed by atoms with Crippen LogP contribution in [-0.4, -0.2) is 86.5 Å². The van der Waals surface area contributed by atoms with Gasteiger partial charge in [-0.2, -0.15) is 10.2 Å². The van der Waals surface area contributed by atoms with E-state index in [1.807, 2.05) is 30.3 Å². The Kier molecular flexibility index (Phi) is 10.4. The lowest BCUT2D eigenvalue weighted by atomic mass is 9.90. The van der Waals surface area contributed by atoms with Crippen LogP contribution in [0.4, 0.5) is 16.6 Å². The standard InChI is InChI=1S/C34H41N11O3/c1-48-34(40-21-27(22-41-34)26-18-36-23-37-19-26)45(33(47)39-17-24-6-3-2-4-7-24)29-11-9-28(10-12-29)42-32-38-20-25(16-35)31(43-32)44-14-5-8-30(46)13-15-44/h2-4,6-7,18-23,28-30,40,46H,5,8-15,17H2,1H3,(H,39,47)(H,38,42,43). The number of hydrogen-bond donors (Lipinski definition) is 4. The Balaban J connectivity index is 1.17. The van der Waals surface area contributed by atoms with Crippen molar-refractivity contribution >= 4 is 29.6 Å². The van der Waals surface area contributed by atoms with Crippen molar-refractivity contribution in [3.63, 3.8) is 0 Å². The van der Waals surface area contributed by atoms with Gasteiger partial charge in [-0.1, -0.05) is 30.3 Å². The van der Waals surface area contributed by atoms with E-state index < -0.39 is 5.97 Å². The molecule has 1 saturated heterocycles. The number of hydrogen-bond acceptors (Lipinski definition) is 12. The van der Waals surface area contributed by atoms with E-state index in [1.165, 1.54) is 13.4 Å². The maximum atomic E-state index is 14.0. The van der Waals surface area contributed by atoms with Gasteiger partial charge in [-0.05, 0) is 50.5 Å². The number of nitrogens with zero attached hydrogens (tertiary/aromatic N) is 8. The summed E-state index contributed by atoms with van der Waals surface area (Å²) in [4.78, 5) is 39.9. The van der Waals surface area contributed by atoms with Crippen molar-refractivity contribution in [1.29, 1.82) is 5.26 Å². The smallest absolute Gasteiger partial charge is 0.328 e. The molecule has 4 heterocycles. The molecule has 3 aromatic rings. The highest BCUT2D eigenvalue weighted by Gasteiger charge is 2.46. The Labute approximate surface area is 280 Å². The lowest BCUT2D eigenvalue weighted by molar-refractivity contribution is -0.141. The SMILES string of the molecule is COC1(N(C(=O)NCc2ccccc2)C2CCC(Nc3ncc(C#N)c(N4CCCC(O)CC4)n3)CC2)N=CC(c2cncnc2)=CN1. The van der Waals surface area contributed by atoms with Crippen molar-refractivity contribution in [3.05, 3.63) is 78.1 Å². The molecule has 48 heavy (non-hydrogen) atoms. The third kappa shape index (κ3) is 7.53. The molecule has 14 heteroatoms. The van der Waals surface area contributed by atoms with Gasteiger partial charge in [-0.3, -0.25) is 4.90 Å². The van der Waals surface area contributed by atoms with Crippen molar-refractivity contribution in [2.75, 3.05) is 30.4 Å². The molecular weight excluding hydrogens is 610 g/mol. The van der Waals surface area contributed by atoms with E-state index in [0.717, 1.165) is 48.9 Å². The largest absolute Gasteiger partial charge is 0.393 e. The molecule has 3 aliphatic rings. The highest BCUT2D eigenvalue weighted by Crippen LogP contribution is 2.32. The van der Waals surface area contributed by atoms with Crippen molar-refractivity contribution in [3.8, 4) is 6.07 Å². The number of benzene rings is 1. The fourth-order valence-corrected chi connectivity index (χ4v) is 6.47. The number of aromatic nitrogens is 4. The summed E-state index contributed by atoms with van der Waals surface area (Å²) in [5.74, 6) is -0.405. The maximum absolute atomic E-state index is 14.0. The molecule has 2 atom stereocenters. The van der Waals surface area contributed by atoms with Gasteiger partial charge in [0.05, 0.1) is 12.3 Å². The number of amides is 2. The van der Waals surface area contributed by atoms with Gasteiger partial charge in [0.2, 0.25) is 5.95 Å². The molecule has 2 aliphatic heterocycles. The number of nitrogens with one attached hydrogen (secondary N) is 3. The Morgan fingerprint density at radius 3 is 2.62 bits per heavy atom. The second-order valence-corrected chi connectivity index (χ2v) is 12.2. The topological polar surface area (TPSA) is 177 Å². The normalized spacial score (nSPS) is 24.0. The van der Waals surface area contributed by atoms with Gasteiger partial charge in [-0.15, -0.1) is 0 Å². The number of rotatable bonds is 9. The fourth-order valence-electron chi connectivity index (χ4n) is 6.47. The average molecular weight is 652 g/mol. The van der Waals surface area contributed by atoms with Gasteiger partial charge >= 0.3 is 12.0 Å². The molecule has 6 rings (SSSR count). The first-order valence-electron chi connectivity index (χ1n) is 16.4. The number of aliphatic imine (C=N–C) groups is 1. The molecule has 0 radical (unpaired) electrons. The van der Waals surface area contributed by atoms with Crippen LogP contribution in [0.15, 0.2) is 66.4 Å². The van der Waals surface area contributed by atoms with Crippen LogP contribution in [0.5, 0.6) is 0 Å². The lowest BCUT2D eigenvalue weighted by Gasteiger charge is -2.46. The van der Waals surface area contributed by atoms with Gasteiger partial charge < -0.3 is 30.7 Å². The minimum atomic E-state index is -1.46. The van der Waals surface area contributed by atoms with Gasteiger partial charge in [0.25, 0.3) is 0 Å². The number of carbonyl (C=O) groups is 1. The summed E-state index contributed by atoms with van der Waals surface area (Å²) in [5.41, 5.74) is 2.94. The molecule has 0 bridgehead atoms. The fraction of sp³-hybridized carbons (Fsp3) is 0.441. The number of anilines is 2. The minimum absolute atomic E-state index is 0.0631. The Bertz CT molecular complexity index is 1640. The van der Waals surface area contributed by atoms with E-state index in [1.54, 1.807) is 35.9 Å². The van der Waals surface area contributed by atoms with Crippen LogP contribution in [0.3, 0.4) is 0 Å². The van der Waals surface area contributed by atoms with E-state index in [9.17, 15) is 15.2 Å². The molecular formula is C34H41N11O3. The van der Waals surface area contributed by atoms with E-state index in [0.29, 0.717) is 49.7 Å². The molecule has 250 valence electrons. The summed E-state index contributed by atoms with van der Waals surface area (Å²) < 4.78 is 5.98. The minimum Gasteiger partial charge on any atom is -0.393 e. The quantitative estimate of drug-likeness (QED) is 0.250. The van der Waals surface area contributed by atoms with Crippen LogP contribution >= 0.6 is 0 Å². The molecule has 2 aromatic heterocycles. The lowest BCUT2D eigenvalue weighted by Crippen LogP contribution is -2.66. The van der Waals surface area contributed by atoms with Crippen molar-refractivity contribution in [1.82, 2.24) is 35.5 Å². The number of carbonyl (C=O) groups excluding carboxylic acids is 1. The Hall–Kier alpha value is -5.13. The second kappa shape index (κ2) is 15.2. The van der Waals surface area contributed by atoms with Crippen LogP contribution in [-0.2, 0) is 11.3 Å². The maximum Gasteiger partial charge on any atom is 0.328 e. The van der Waals surface area contributed by atoms with E-state index >= 15 is 0 Å². The van der Waals surface area contributed by atoms with E-state index in [-0.39, 0.29) is 24.2 Å². The van der Waals surface area contributed by atoms with Crippen molar-refractivity contribution < 1.29 is 14.6 Å². The molecule has 0 spiro atoms. The number of nitriles is 1. The first-order chi connectivity index (χ1) is 23.5. The second-order valence-electron chi connectivity index (χ2n) is 12.2. The highest BCUT2D eigenvalue weighted by atomic mass is 16.5. The zero-order valence-electron chi connectivity index (χ0n) is 27.0. The summed E-state index contributed by atoms with van der Waals surface area (Å²) in [6.07, 6.45) is 14.6. The Morgan fingerprint density at radius 1 is 1.12 bits per heavy atom. The molecule has 2 fully saturated rings. The van der Waals surface area contributed by atoms with Crippen LogP contribution in [0, 0.1) is 11.3 Å². The molecule has 14 nitrogen and oxygen atoms in total. The number of aliphatic hydroxyl groups is 1. The summed E-state index contributed by atoms with van der Waals surface area (Å²) in [5, 5.41) is 29.7.